The summed E-state index contributed by atoms with van der Waals surface area (Å²) in [4.78, 5) is 37.1. The molecule has 1 amide bonds. The van der Waals surface area contributed by atoms with E-state index in [1.807, 2.05) is 18.2 Å². The molecule has 7 heteroatoms. The van der Waals surface area contributed by atoms with Gasteiger partial charge in [0.15, 0.2) is 5.78 Å². The van der Waals surface area contributed by atoms with Crippen LogP contribution in [0.25, 0.3) is 0 Å². The number of nitrogens with one attached hydrogen (secondary N) is 1. The molecule has 1 saturated heterocycles. The molecule has 136 valence electrons. The molecule has 1 aliphatic rings. The number of anilines is 2. The largest absolute Gasteiger partial charge is 0.354 e. The van der Waals surface area contributed by atoms with E-state index < -0.39 is 0 Å². The monoisotopic (exact) mass is 353 g/mol. The van der Waals surface area contributed by atoms with Crippen molar-refractivity contribution in [2.45, 2.75) is 12.8 Å². The average Bonchev–Trinajstić information content (AvgIpc) is 2.67. The van der Waals surface area contributed by atoms with Crippen molar-refractivity contribution >= 4 is 23.3 Å². The number of amides is 1. The SMILES string of the molecule is CN1CCN(c2cc(NC(=O)CCC(=O)c3ccccc3)ncn2)CC1. The second-order valence-electron chi connectivity index (χ2n) is 6.39. The fraction of sp³-hybridized carbons (Fsp3) is 0.368. The zero-order chi connectivity index (χ0) is 18.4. The summed E-state index contributed by atoms with van der Waals surface area (Å²) < 4.78 is 0. The number of Topliss-reactive ketones (excluding diaryl/α,β-unsaturated/α-hetero) is 1. The van der Waals surface area contributed by atoms with E-state index in [0.29, 0.717) is 11.4 Å². The minimum Gasteiger partial charge on any atom is -0.354 e. The number of carbonyl (C=O) groups is 2. The van der Waals surface area contributed by atoms with Crippen LogP contribution in [0.15, 0.2) is 42.7 Å². The van der Waals surface area contributed by atoms with Gasteiger partial charge in [0.05, 0.1) is 0 Å². The van der Waals surface area contributed by atoms with Crippen molar-refractivity contribution in [1.82, 2.24) is 14.9 Å². The second kappa shape index (κ2) is 8.53. The summed E-state index contributed by atoms with van der Waals surface area (Å²) in [6, 6.07) is 10.8. The smallest absolute Gasteiger partial charge is 0.225 e. The number of ketones is 1. The van der Waals surface area contributed by atoms with Crippen molar-refractivity contribution in [2.75, 3.05) is 43.4 Å². The molecule has 0 unspecified atom stereocenters. The van der Waals surface area contributed by atoms with Crippen molar-refractivity contribution in [3.63, 3.8) is 0 Å². The van der Waals surface area contributed by atoms with E-state index in [1.54, 1.807) is 18.2 Å². The fourth-order valence-corrected chi connectivity index (χ4v) is 2.82. The summed E-state index contributed by atoms with van der Waals surface area (Å²) in [5.74, 6) is 1.01. The molecule has 1 fully saturated rings. The Bertz CT molecular complexity index is 758. The maximum Gasteiger partial charge on any atom is 0.225 e. The number of rotatable bonds is 6. The third kappa shape index (κ3) is 4.86. The van der Waals surface area contributed by atoms with Gasteiger partial charge in [-0.15, -0.1) is 0 Å². The Morgan fingerprint density at radius 1 is 1.04 bits per heavy atom. The summed E-state index contributed by atoms with van der Waals surface area (Å²) in [7, 11) is 2.10. The molecule has 0 aliphatic carbocycles. The molecule has 0 bridgehead atoms. The third-order valence-corrected chi connectivity index (χ3v) is 4.42. The van der Waals surface area contributed by atoms with Gasteiger partial charge in [-0.25, -0.2) is 9.97 Å². The minimum absolute atomic E-state index is 0.0402. The summed E-state index contributed by atoms with van der Waals surface area (Å²) >= 11 is 0. The van der Waals surface area contributed by atoms with E-state index in [4.69, 9.17) is 0 Å². The second-order valence-corrected chi connectivity index (χ2v) is 6.39. The first-order valence-electron chi connectivity index (χ1n) is 8.75. The van der Waals surface area contributed by atoms with Crippen molar-refractivity contribution in [3.05, 3.63) is 48.3 Å². The molecular weight excluding hydrogens is 330 g/mol. The summed E-state index contributed by atoms with van der Waals surface area (Å²) in [5.41, 5.74) is 0.625. The van der Waals surface area contributed by atoms with E-state index in [-0.39, 0.29) is 24.5 Å². The molecule has 0 spiro atoms. The van der Waals surface area contributed by atoms with Crippen molar-refractivity contribution in [1.29, 1.82) is 0 Å². The zero-order valence-corrected chi connectivity index (χ0v) is 14.9. The topological polar surface area (TPSA) is 78.4 Å². The number of nitrogens with zero attached hydrogens (tertiary/aromatic N) is 4. The van der Waals surface area contributed by atoms with Crippen LogP contribution in [0.4, 0.5) is 11.6 Å². The van der Waals surface area contributed by atoms with Crippen LogP contribution in [0.5, 0.6) is 0 Å². The highest BCUT2D eigenvalue weighted by atomic mass is 16.2. The molecular formula is C19H23N5O2. The summed E-state index contributed by atoms with van der Waals surface area (Å²) in [6.45, 7) is 3.75. The van der Waals surface area contributed by atoms with Gasteiger partial charge in [-0.1, -0.05) is 30.3 Å². The maximum absolute atomic E-state index is 12.1. The van der Waals surface area contributed by atoms with Crippen LogP contribution < -0.4 is 10.2 Å². The highest BCUT2D eigenvalue weighted by molar-refractivity contribution is 5.99. The number of carbonyl (C=O) groups excluding carboxylic acids is 2. The van der Waals surface area contributed by atoms with Gasteiger partial charge in [0.1, 0.15) is 18.0 Å². The van der Waals surface area contributed by atoms with Gasteiger partial charge in [-0.2, -0.15) is 0 Å². The molecule has 26 heavy (non-hydrogen) atoms. The van der Waals surface area contributed by atoms with Gasteiger partial charge in [0, 0.05) is 50.7 Å². The van der Waals surface area contributed by atoms with E-state index in [0.717, 1.165) is 32.0 Å². The Morgan fingerprint density at radius 2 is 1.77 bits per heavy atom. The lowest BCUT2D eigenvalue weighted by Crippen LogP contribution is -2.44. The van der Waals surface area contributed by atoms with Crippen LogP contribution >= 0.6 is 0 Å². The fourth-order valence-electron chi connectivity index (χ4n) is 2.82. The highest BCUT2D eigenvalue weighted by Gasteiger charge is 2.16. The lowest BCUT2D eigenvalue weighted by atomic mass is 10.1. The Balaban J connectivity index is 1.53. The number of hydrogen-bond acceptors (Lipinski definition) is 6. The van der Waals surface area contributed by atoms with Gasteiger partial charge in [0.2, 0.25) is 5.91 Å². The van der Waals surface area contributed by atoms with Crippen molar-refractivity contribution in [2.24, 2.45) is 0 Å². The number of aromatic nitrogens is 2. The maximum atomic E-state index is 12.1. The average molecular weight is 353 g/mol. The van der Waals surface area contributed by atoms with Crippen LogP contribution in [0.1, 0.15) is 23.2 Å². The molecule has 2 heterocycles. The molecule has 1 aromatic heterocycles. The molecule has 0 saturated carbocycles. The standard InChI is InChI=1S/C19H23N5O2/c1-23-9-11-24(12-10-23)18-13-17(20-14-21-18)22-19(26)8-7-16(25)15-5-3-2-4-6-15/h2-6,13-14H,7-12H2,1H3,(H,20,21,22,26). The number of hydrogen-bond donors (Lipinski definition) is 1. The first kappa shape index (κ1) is 18.0. The van der Waals surface area contributed by atoms with E-state index in [9.17, 15) is 9.59 Å². The highest BCUT2D eigenvalue weighted by Crippen LogP contribution is 2.16. The predicted molar refractivity (Wildman–Crippen MR) is 100 cm³/mol. The van der Waals surface area contributed by atoms with Gasteiger partial charge in [-0.3, -0.25) is 9.59 Å². The Labute approximate surface area is 153 Å². The molecule has 0 radical (unpaired) electrons. The number of benzene rings is 1. The molecule has 3 rings (SSSR count). The summed E-state index contributed by atoms with van der Waals surface area (Å²) in [6.07, 6.45) is 1.76. The van der Waals surface area contributed by atoms with Crippen molar-refractivity contribution in [3.8, 4) is 0 Å². The van der Waals surface area contributed by atoms with Crippen LogP contribution in [0, 0.1) is 0 Å². The Hall–Kier alpha value is -2.80. The van der Waals surface area contributed by atoms with E-state index in [2.05, 4.69) is 32.1 Å². The van der Waals surface area contributed by atoms with Gasteiger partial charge < -0.3 is 15.1 Å². The summed E-state index contributed by atoms with van der Waals surface area (Å²) in [5, 5.41) is 2.76. The quantitative estimate of drug-likeness (QED) is 0.798. The normalized spacial score (nSPS) is 14.9. The Morgan fingerprint density at radius 3 is 2.50 bits per heavy atom. The van der Waals surface area contributed by atoms with E-state index in [1.165, 1.54) is 6.33 Å². The van der Waals surface area contributed by atoms with E-state index >= 15 is 0 Å². The predicted octanol–water partition coefficient (Wildman–Crippen LogP) is 1.83. The number of likely N-dealkylation sites (N-methyl/N-ethyl adjacent to an activating group) is 1. The molecule has 0 atom stereocenters. The zero-order valence-electron chi connectivity index (χ0n) is 14.9. The molecule has 2 aromatic rings. The lowest BCUT2D eigenvalue weighted by Gasteiger charge is -2.33. The van der Waals surface area contributed by atoms with Crippen LogP contribution in [-0.2, 0) is 4.79 Å². The van der Waals surface area contributed by atoms with Crippen LogP contribution in [0.3, 0.4) is 0 Å². The molecule has 7 nitrogen and oxygen atoms in total. The van der Waals surface area contributed by atoms with Gasteiger partial charge in [-0.05, 0) is 7.05 Å². The molecule has 1 N–H and O–H groups in total. The van der Waals surface area contributed by atoms with Crippen LogP contribution in [0.2, 0.25) is 0 Å². The van der Waals surface area contributed by atoms with Gasteiger partial charge in [0.25, 0.3) is 0 Å². The molecule has 1 aromatic carbocycles. The lowest BCUT2D eigenvalue weighted by molar-refractivity contribution is -0.116. The number of piperazine rings is 1. The first-order valence-corrected chi connectivity index (χ1v) is 8.75. The first-order chi connectivity index (χ1) is 12.6. The van der Waals surface area contributed by atoms with Gasteiger partial charge >= 0.3 is 0 Å². The Kier molecular flexibility index (Phi) is 5.91. The third-order valence-electron chi connectivity index (χ3n) is 4.42. The minimum atomic E-state index is -0.225. The molecule has 1 aliphatic heterocycles. The van der Waals surface area contributed by atoms with Crippen LogP contribution in [-0.4, -0.2) is 59.8 Å². The van der Waals surface area contributed by atoms with Crippen molar-refractivity contribution < 1.29 is 9.59 Å².